The number of pyridine rings is 1. The number of halogens is 2. The van der Waals surface area contributed by atoms with Gasteiger partial charge in [-0.05, 0) is 30.2 Å². The van der Waals surface area contributed by atoms with Gasteiger partial charge in [0.05, 0.1) is 5.02 Å². The van der Waals surface area contributed by atoms with Crippen molar-refractivity contribution in [2.45, 2.75) is 6.42 Å². The lowest BCUT2D eigenvalue weighted by atomic mass is 10.1. The van der Waals surface area contributed by atoms with Gasteiger partial charge >= 0.3 is 0 Å². The van der Waals surface area contributed by atoms with Gasteiger partial charge in [0, 0.05) is 17.8 Å². The van der Waals surface area contributed by atoms with Crippen LogP contribution in [-0.4, -0.2) is 17.4 Å². The van der Waals surface area contributed by atoms with E-state index in [0.29, 0.717) is 23.0 Å². The van der Waals surface area contributed by atoms with Crippen molar-refractivity contribution in [3.05, 3.63) is 68.1 Å². The minimum Gasteiger partial charge on any atom is -0.352 e. The van der Waals surface area contributed by atoms with Crippen LogP contribution in [0, 0.1) is 0 Å². The Morgan fingerprint density at radius 2 is 1.85 bits per heavy atom. The molecule has 2 aromatic rings. The van der Waals surface area contributed by atoms with Gasteiger partial charge in [-0.3, -0.25) is 9.59 Å². The van der Waals surface area contributed by atoms with Crippen molar-refractivity contribution in [1.82, 2.24) is 10.3 Å². The number of carbonyl (C=O) groups is 1. The molecule has 0 atom stereocenters. The van der Waals surface area contributed by atoms with Crippen molar-refractivity contribution in [2.24, 2.45) is 0 Å². The molecule has 1 aromatic carbocycles. The maximum atomic E-state index is 11.9. The Bertz CT molecular complexity index is 666. The number of rotatable bonds is 4. The molecule has 0 spiro atoms. The van der Waals surface area contributed by atoms with Crippen molar-refractivity contribution in [2.75, 3.05) is 6.54 Å². The van der Waals surface area contributed by atoms with Crippen LogP contribution < -0.4 is 10.9 Å². The summed E-state index contributed by atoms with van der Waals surface area (Å²) in [6.45, 7) is 0.423. The molecule has 0 aliphatic carbocycles. The predicted octanol–water partition coefficient (Wildman–Crippen LogP) is 2.65. The summed E-state index contributed by atoms with van der Waals surface area (Å²) in [6, 6.07) is 8.71. The van der Waals surface area contributed by atoms with E-state index in [1.165, 1.54) is 12.3 Å². The lowest BCUT2D eigenvalue weighted by Gasteiger charge is -2.05. The summed E-state index contributed by atoms with van der Waals surface area (Å²) in [5.41, 5.74) is 0.599. The van der Waals surface area contributed by atoms with Crippen molar-refractivity contribution in [1.29, 1.82) is 0 Å². The van der Waals surface area contributed by atoms with Gasteiger partial charge in [-0.15, -0.1) is 0 Å². The highest BCUT2D eigenvalue weighted by atomic mass is 35.5. The summed E-state index contributed by atoms with van der Waals surface area (Å²) < 4.78 is 0. The molecule has 1 heterocycles. The molecule has 6 heteroatoms. The lowest BCUT2D eigenvalue weighted by Crippen LogP contribution is -2.30. The Labute approximate surface area is 125 Å². The zero-order valence-electron chi connectivity index (χ0n) is 10.5. The monoisotopic (exact) mass is 310 g/mol. The summed E-state index contributed by atoms with van der Waals surface area (Å²) in [5, 5.41) is 3.66. The normalized spacial score (nSPS) is 10.3. The summed E-state index contributed by atoms with van der Waals surface area (Å²) in [5.74, 6) is -0.442. The molecule has 4 nitrogen and oxygen atoms in total. The first kappa shape index (κ1) is 14.6. The quantitative estimate of drug-likeness (QED) is 0.912. The third-order valence-electron chi connectivity index (χ3n) is 2.73. The minimum absolute atomic E-state index is 0.00797. The maximum absolute atomic E-state index is 11.9. The van der Waals surface area contributed by atoms with Crippen LogP contribution in [0.1, 0.15) is 15.9 Å². The summed E-state index contributed by atoms with van der Waals surface area (Å²) in [7, 11) is 0. The number of carbonyl (C=O) groups excluding carboxylic acids is 1. The van der Waals surface area contributed by atoms with E-state index in [4.69, 9.17) is 23.2 Å². The van der Waals surface area contributed by atoms with Gasteiger partial charge in [0.1, 0.15) is 5.56 Å². The highest BCUT2D eigenvalue weighted by Crippen LogP contribution is 2.09. The third kappa shape index (κ3) is 3.85. The minimum atomic E-state index is -0.460. The fraction of sp³-hybridized carbons (Fsp3) is 0.143. The maximum Gasteiger partial charge on any atom is 0.260 e. The first-order valence-electron chi connectivity index (χ1n) is 5.97. The average molecular weight is 311 g/mol. The fourth-order valence-corrected chi connectivity index (χ4v) is 1.98. The second-order valence-electron chi connectivity index (χ2n) is 4.19. The molecule has 1 amide bonds. The first-order chi connectivity index (χ1) is 9.56. The van der Waals surface area contributed by atoms with Crippen molar-refractivity contribution >= 4 is 29.1 Å². The molecule has 2 rings (SSSR count). The number of H-pyrrole nitrogens is 1. The van der Waals surface area contributed by atoms with E-state index >= 15 is 0 Å². The van der Waals surface area contributed by atoms with Crippen LogP contribution in [0.5, 0.6) is 0 Å². The molecule has 1 aromatic heterocycles. The van der Waals surface area contributed by atoms with Crippen LogP contribution >= 0.6 is 23.2 Å². The molecule has 0 saturated heterocycles. The van der Waals surface area contributed by atoms with E-state index in [1.54, 1.807) is 12.1 Å². The molecule has 0 aliphatic heterocycles. The highest BCUT2D eigenvalue weighted by Gasteiger charge is 2.10. The molecule has 0 saturated carbocycles. The Morgan fingerprint density at radius 1 is 1.15 bits per heavy atom. The predicted molar refractivity (Wildman–Crippen MR) is 79.6 cm³/mol. The van der Waals surface area contributed by atoms with Crippen molar-refractivity contribution in [3.63, 3.8) is 0 Å². The Kier molecular flexibility index (Phi) is 4.82. The van der Waals surface area contributed by atoms with Gasteiger partial charge in [-0.25, -0.2) is 0 Å². The largest absolute Gasteiger partial charge is 0.352 e. The second kappa shape index (κ2) is 6.59. The summed E-state index contributed by atoms with van der Waals surface area (Å²) >= 11 is 11.5. The molecular weight excluding hydrogens is 299 g/mol. The molecule has 2 N–H and O–H groups in total. The molecule has 20 heavy (non-hydrogen) atoms. The van der Waals surface area contributed by atoms with Crippen LogP contribution in [0.15, 0.2) is 41.3 Å². The van der Waals surface area contributed by atoms with Crippen LogP contribution in [0.25, 0.3) is 0 Å². The fourth-order valence-electron chi connectivity index (χ4n) is 1.69. The molecule has 0 bridgehead atoms. The third-order valence-corrected chi connectivity index (χ3v) is 3.20. The van der Waals surface area contributed by atoms with Gasteiger partial charge < -0.3 is 10.3 Å². The van der Waals surface area contributed by atoms with E-state index in [9.17, 15) is 9.59 Å². The molecule has 0 radical (unpaired) electrons. The number of hydrogen-bond donors (Lipinski definition) is 2. The lowest BCUT2D eigenvalue weighted by molar-refractivity contribution is 0.0952. The van der Waals surface area contributed by atoms with E-state index in [-0.39, 0.29) is 5.56 Å². The number of amides is 1. The number of nitrogens with one attached hydrogen (secondary N) is 2. The first-order valence-corrected chi connectivity index (χ1v) is 6.73. The zero-order chi connectivity index (χ0) is 14.5. The topological polar surface area (TPSA) is 62.0 Å². The molecular formula is C14H12Cl2N2O2. The van der Waals surface area contributed by atoms with E-state index in [2.05, 4.69) is 10.3 Å². The van der Waals surface area contributed by atoms with E-state index in [0.717, 1.165) is 5.56 Å². The second-order valence-corrected chi connectivity index (χ2v) is 5.07. The highest BCUT2D eigenvalue weighted by molar-refractivity contribution is 6.31. The number of benzene rings is 1. The average Bonchev–Trinajstić information content (AvgIpc) is 2.43. The number of hydrogen-bond acceptors (Lipinski definition) is 2. The van der Waals surface area contributed by atoms with Crippen LogP contribution in [0.2, 0.25) is 10.0 Å². The van der Waals surface area contributed by atoms with Crippen LogP contribution in [0.3, 0.4) is 0 Å². The molecule has 0 fully saturated rings. The van der Waals surface area contributed by atoms with Crippen LogP contribution in [-0.2, 0) is 6.42 Å². The molecule has 0 aliphatic rings. The van der Waals surface area contributed by atoms with Crippen molar-refractivity contribution < 1.29 is 4.79 Å². The molecule has 104 valence electrons. The standard InChI is InChI=1S/C14H12Cl2N2O2/c15-10-3-1-9(2-4-10)5-6-17-13(19)12-7-11(16)8-18-14(12)20/h1-4,7-8H,5-6H2,(H,17,19)(H,18,20). The Morgan fingerprint density at radius 3 is 2.55 bits per heavy atom. The molecule has 0 unspecified atom stereocenters. The van der Waals surface area contributed by atoms with Gasteiger partial charge in [-0.1, -0.05) is 35.3 Å². The van der Waals surface area contributed by atoms with Gasteiger partial charge in [0.15, 0.2) is 0 Å². The van der Waals surface area contributed by atoms with Gasteiger partial charge in [0.2, 0.25) is 0 Å². The van der Waals surface area contributed by atoms with Gasteiger partial charge in [0.25, 0.3) is 11.5 Å². The van der Waals surface area contributed by atoms with Gasteiger partial charge in [-0.2, -0.15) is 0 Å². The van der Waals surface area contributed by atoms with E-state index in [1.807, 2.05) is 12.1 Å². The zero-order valence-corrected chi connectivity index (χ0v) is 12.0. The number of aromatic amines is 1. The van der Waals surface area contributed by atoms with Crippen LogP contribution in [0.4, 0.5) is 0 Å². The van der Waals surface area contributed by atoms with Crippen molar-refractivity contribution in [3.8, 4) is 0 Å². The van der Waals surface area contributed by atoms with E-state index < -0.39 is 11.5 Å². The SMILES string of the molecule is O=C(NCCc1ccc(Cl)cc1)c1cc(Cl)c[nH]c1=O. The Hall–Kier alpha value is -1.78. The smallest absolute Gasteiger partial charge is 0.260 e. The number of aromatic nitrogens is 1. The Balaban J connectivity index is 1.94. The summed E-state index contributed by atoms with van der Waals surface area (Å²) in [4.78, 5) is 25.7. The summed E-state index contributed by atoms with van der Waals surface area (Å²) in [6.07, 6.45) is 2.00.